The summed E-state index contributed by atoms with van der Waals surface area (Å²) in [5.74, 6) is 0. The molecule has 0 atom stereocenters. The zero-order chi connectivity index (χ0) is 17.3. The van der Waals surface area contributed by atoms with Crippen LogP contribution in [-0.4, -0.2) is 23.9 Å². The first-order valence-corrected chi connectivity index (χ1v) is 13.2. The predicted octanol–water partition coefficient (Wildman–Crippen LogP) is 5.75. The molecule has 23 heavy (non-hydrogen) atoms. The molecule has 0 aromatic carbocycles. The Morgan fingerprint density at radius 1 is 0.826 bits per heavy atom. The molecule has 0 unspecified atom stereocenters. The van der Waals surface area contributed by atoms with E-state index in [0.29, 0.717) is 0 Å². The second-order valence-corrected chi connectivity index (χ2v) is 8.61. The normalized spacial score (nSPS) is 14.5. The zero-order valence-corrected chi connectivity index (χ0v) is 19.4. The molecule has 0 fully saturated rings. The Kier molecular flexibility index (Phi) is 6.84. The molecule has 0 radical (unpaired) electrons. The molecule has 1 aliphatic rings. The van der Waals surface area contributed by atoms with Crippen LogP contribution in [-0.2, 0) is 17.3 Å². The third-order valence-electron chi connectivity index (χ3n) is 3.87. The molecule has 3 rings (SSSR count). The summed E-state index contributed by atoms with van der Waals surface area (Å²) in [6, 6.07) is 4.63. The van der Waals surface area contributed by atoms with Gasteiger partial charge in [-0.1, -0.05) is 0 Å². The number of halogens is 1. The van der Waals surface area contributed by atoms with Gasteiger partial charge in [0, 0.05) is 42.0 Å². The molecule has 3 heterocycles. The third kappa shape index (κ3) is 3.90. The standard InChI is InChI=1S/C17H21N2S2.Ag.HI/c1-10-7-14(12(3)20-10)16-17(19(6)9-18(16)5)15-8-11(2)21-13(15)4;;/h7-9H,1-6H3;;1H/q-1;+1;/p-1. The SMILES string of the molecule is Cc1cc(C2=C(c3cc(C)sc3C)N(C)[CH-]N2C)c(C)s1.[Ag][I]. The van der Waals surface area contributed by atoms with Crippen molar-refractivity contribution in [2.24, 2.45) is 0 Å². The van der Waals surface area contributed by atoms with Crippen LogP contribution in [0.15, 0.2) is 12.1 Å². The summed E-state index contributed by atoms with van der Waals surface area (Å²) in [5, 5.41) is 0. The second-order valence-electron chi connectivity index (χ2n) is 5.69. The van der Waals surface area contributed by atoms with E-state index in [9.17, 15) is 0 Å². The van der Waals surface area contributed by atoms with Gasteiger partial charge in [-0.2, -0.15) is 6.67 Å². The number of hydrogen-bond acceptors (Lipinski definition) is 4. The molecule has 0 saturated carbocycles. The number of nitrogens with zero attached hydrogens (tertiary/aromatic N) is 2. The Bertz CT molecular complexity index is 673. The molecule has 0 spiro atoms. The van der Waals surface area contributed by atoms with E-state index in [1.54, 1.807) is 0 Å². The predicted molar refractivity (Wildman–Crippen MR) is 108 cm³/mol. The van der Waals surface area contributed by atoms with E-state index in [-0.39, 0.29) is 0 Å². The van der Waals surface area contributed by atoms with Gasteiger partial charge in [0.25, 0.3) is 0 Å². The number of aryl methyl sites for hydroxylation is 4. The van der Waals surface area contributed by atoms with Crippen LogP contribution >= 0.6 is 41.7 Å². The van der Waals surface area contributed by atoms with Gasteiger partial charge < -0.3 is 9.80 Å². The minimum absolute atomic E-state index is 1.32. The van der Waals surface area contributed by atoms with Crippen LogP contribution < -0.4 is 0 Å². The van der Waals surface area contributed by atoms with Gasteiger partial charge >= 0.3 is 36.3 Å². The zero-order valence-electron chi connectivity index (χ0n) is 14.1. The van der Waals surface area contributed by atoms with Gasteiger partial charge in [0.15, 0.2) is 0 Å². The van der Waals surface area contributed by atoms with Crippen molar-refractivity contribution in [3.05, 3.63) is 49.4 Å². The van der Waals surface area contributed by atoms with Crippen LogP contribution in [0.4, 0.5) is 0 Å². The first-order chi connectivity index (χ1) is 10.9. The number of thiophene rings is 2. The molecule has 2 aromatic heterocycles. The summed E-state index contributed by atoms with van der Waals surface area (Å²) >= 11 is 8.63. The van der Waals surface area contributed by atoms with Crippen molar-refractivity contribution in [3.8, 4) is 0 Å². The average molecular weight is 552 g/mol. The van der Waals surface area contributed by atoms with Crippen LogP contribution in [0.2, 0.25) is 0 Å². The maximum absolute atomic E-state index is 2.92. The molecule has 2 nitrogen and oxygen atoms in total. The Morgan fingerprint density at radius 2 is 1.17 bits per heavy atom. The van der Waals surface area contributed by atoms with Crippen LogP contribution in [0.3, 0.4) is 0 Å². The molecule has 0 bridgehead atoms. The fraction of sp³-hybridized carbons (Fsp3) is 0.353. The third-order valence-corrected chi connectivity index (χ3v) is 5.80. The van der Waals surface area contributed by atoms with Gasteiger partial charge in [-0.15, -0.1) is 22.7 Å². The quantitative estimate of drug-likeness (QED) is 0.266. The van der Waals surface area contributed by atoms with E-state index in [0.717, 1.165) is 0 Å². The van der Waals surface area contributed by atoms with Crippen molar-refractivity contribution in [3.63, 3.8) is 0 Å². The first kappa shape index (κ1) is 19.5. The maximum atomic E-state index is 2.92. The molecule has 130 valence electrons. The molecule has 1 aliphatic heterocycles. The summed E-state index contributed by atoms with van der Waals surface area (Å²) in [5.41, 5.74) is 5.36. The molecular weight excluding hydrogens is 531 g/mol. The number of rotatable bonds is 2. The summed E-state index contributed by atoms with van der Waals surface area (Å²) in [6.07, 6.45) is 0. The molecular formula is C17H21AgIN2S2-. The molecule has 2 aromatic rings. The van der Waals surface area contributed by atoms with Crippen LogP contribution in [0.25, 0.3) is 11.4 Å². The van der Waals surface area contributed by atoms with E-state index in [4.69, 9.17) is 0 Å². The Morgan fingerprint density at radius 3 is 1.43 bits per heavy atom. The summed E-state index contributed by atoms with van der Waals surface area (Å²) < 4.78 is 0. The van der Waals surface area contributed by atoms with Crippen LogP contribution in [0.5, 0.6) is 0 Å². The second kappa shape index (κ2) is 8.06. The van der Waals surface area contributed by atoms with Gasteiger partial charge in [-0.25, -0.2) is 0 Å². The van der Waals surface area contributed by atoms with Gasteiger partial charge in [0.05, 0.1) is 0 Å². The van der Waals surface area contributed by atoms with Crippen molar-refractivity contribution in [2.45, 2.75) is 27.7 Å². The van der Waals surface area contributed by atoms with Crippen LogP contribution in [0.1, 0.15) is 30.6 Å². The van der Waals surface area contributed by atoms with Gasteiger partial charge in [-0.05, 0) is 53.9 Å². The Balaban J connectivity index is 0.000000924. The van der Waals surface area contributed by atoms with Crippen molar-refractivity contribution in [1.82, 2.24) is 9.80 Å². The van der Waals surface area contributed by atoms with E-state index < -0.39 is 0 Å². The topological polar surface area (TPSA) is 6.48 Å². The van der Waals surface area contributed by atoms with E-state index in [1.807, 2.05) is 41.7 Å². The van der Waals surface area contributed by atoms with Crippen molar-refractivity contribution in [1.29, 1.82) is 0 Å². The monoisotopic (exact) mass is 551 g/mol. The van der Waals surface area contributed by atoms with E-state index in [2.05, 4.69) is 87.6 Å². The summed E-state index contributed by atoms with van der Waals surface area (Å²) in [4.78, 5) is 10.0. The van der Waals surface area contributed by atoms with E-state index >= 15 is 0 Å². The Labute approximate surface area is 170 Å². The van der Waals surface area contributed by atoms with Crippen LogP contribution in [0, 0.1) is 34.4 Å². The fourth-order valence-corrected chi connectivity index (χ4v) is 4.93. The number of hydrogen-bond donors (Lipinski definition) is 0. The van der Waals surface area contributed by atoms with Gasteiger partial charge in [0.1, 0.15) is 0 Å². The molecule has 0 saturated heterocycles. The molecule has 6 heteroatoms. The summed E-state index contributed by atoms with van der Waals surface area (Å²) in [7, 11) is 4.28. The van der Waals surface area contributed by atoms with Crippen molar-refractivity contribution >= 4 is 53.1 Å². The fourth-order valence-electron chi connectivity index (χ4n) is 3.08. The van der Waals surface area contributed by atoms with Crippen molar-refractivity contribution < 1.29 is 17.3 Å². The average Bonchev–Trinajstić information content (AvgIpc) is 3.08. The molecule has 0 N–H and O–H groups in total. The van der Waals surface area contributed by atoms with Gasteiger partial charge in [-0.3, -0.25) is 0 Å². The van der Waals surface area contributed by atoms with Gasteiger partial charge in [0.2, 0.25) is 0 Å². The summed E-state index contributed by atoms with van der Waals surface area (Å²) in [6.45, 7) is 11.0. The minimum atomic E-state index is 1.32. The Hall–Kier alpha value is 0.210. The van der Waals surface area contributed by atoms with Crippen molar-refractivity contribution in [2.75, 3.05) is 14.1 Å². The molecule has 0 amide bonds. The molecule has 0 aliphatic carbocycles. The first-order valence-electron chi connectivity index (χ1n) is 7.19. The van der Waals surface area contributed by atoms with E-state index in [1.165, 1.54) is 42.0 Å².